The molecule has 0 unspecified atom stereocenters. The van der Waals surface area contributed by atoms with Crippen LogP contribution in [0.25, 0.3) is 10.9 Å². The summed E-state index contributed by atoms with van der Waals surface area (Å²) in [5.41, 5.74) is 3.87. The zero-order chi connectivity index (χ0) is 26.7. The Morgan fingerprint density at radius 3 is 2.53 bits per heavy atom. The number of hydrogen-bond donors (Lipinski definition) is 3. The molecule has 5 rings (SSSR count). The third-order valence-electron chi connectivity index (χ3n) is 6.73. The quantitative estimate of drug-likeness (QED) is 0.187. The van der Waals surface area contributed by atoms with Crippen LogP contribution in [0.3, 0.4) is 0 Å². The van der Waals surface area contributed by atoms with Crippen LogP contribution >= 0.6 is 23.2 Å². The molecule has 0 bridgehead atoms. The molecule has 4 aromatic rings. The molecule has 2 aromatic heterocycles. The molecule has 3 heterocycles. The molecule has 1 aliphatic heterocycles. The summed E-state index contributed by atoms with van der Waals surface area (Å²) in [5.74, 6) is 0.610. The van der Waals surface area contributed by atoms with Crippen molar-refractivity contribution in [2.45, 2.75) is 17.7 Å². The van der Waals surface area contributed by atoms with E-state index in [1.54, 1.807) is 24.3 Å². The van der Waals surface area contributed by atoms with Gasteiger partial charge in [0.2, 0.25) is 10.0 Å². The Kier molecular flexibility index (Phi) is 8.11. The van der Waals surface area contributed by atoms with Crippen molar-refractivity contribution in [3.63, 3.8) is 0 Å². The van der Waals surface area contributed by atoms with E-state index in [0.29, 0.717) is 29.0 Å². The number of nitrogens with zero attached hydrogens (tertiary/aromatic N) is 3. The Morgan fingerprint density at radius 2 is 1.76 bits per heavy atom. The molecule has 8 nitrogen and oxygen atoms in total. The first-order valence-electron chi connectivity index (χ1n) is 12.5. The first-order chi connectivity index (χ1) is 18.3. The lowest BCUT2D eigenvalue weighted by molar-refractivity contribution is 0.313. The zero-order valence-electron chi connectivity index (χ0n) is 21.0. The van der Waals surface area contributed by atoms with Crippen LogP contribution in [-0.4, -0.2) is 63.1 Å². The smallest absolute Gasteiger partial charge is 0.240 e. The fourth-order valence-corrected chi connectivity index (χ4v) is 6.04. The Morgan fingerprint density at radius 1 is 1.00 bits per heavy atom. The molecule has 0 amide bonds. The molecule has 0 spiro atoms. The largest absolute Gasteiger partial charge is 0.369 e. The molecule has 11 heteroatoms. The fourth-order valence-electron chi connectivity index (χ4n) is 4.59. The molecule has 1 fully saturated rings. The second kappa shape index (κ2) is 11.5. The highest BCUT2D eigenvalue weighted by Crippen LogP contribution is 2.26. The number of rotatable bonds is 9. The Labute approximate surface area is 233 Å². The number of H-pyrrole nitrogens is 1. The minimum Gasteiger partial charge on any atom is -0.369 e. The van der Waals surface area contributed by atoms with Gasteiger partial charge in [-0.25, -0.2) is 18.1 Å². The summed E-state index contributed by atoms with van der Waals surface area (Å²) in [7, 11) is -1.51. The van der Waals surface area contributed by atoms with Gasteiger partial charge < -0.3 is 20.1 Å². The van der Waals surface area contributed by atoms with Gasteiger partial charge >= 0.3 is 0 Å². The van der Waals surface area contributed by atoms with Crippen LogP contribution in [0.5, 0.6) is 0 Å². The second-order valence-electron chi connectivity index (χ2n) is 9.48. The van der Waals surface area contributed by atoms with Gasteiger partial charge in [0.1, 0.15) is 11.0 Å². The van der Waals surface area contributed by atoms with Gasteiger partial charge in [0.05, 0.1) is 4.90 Å². The minimum absolute atomic E-state index is 0.208. The number of nitrogens with one attached hydrogen (secondary N) is 3. The molecule has 0 aliphatic carbocycles. The van der Waals surface area contributed by atoms with Gasteiger partial charge in [0, 0.05) is 72.3 Å². The van der Waals surface area contributed by atoms with Crippen LogP contribution in [0.2, 0.25) is 10.2 Å². The van der Waals surface area contributed by atoms with Crippen molar-refractivity contribution in [2.24, 2.45) is 0 Å². The molecule has 2 aromatic carbocycles. The van der Waals surface area contributed by atoms with E-state index in [9.17, 15) is 8.42 Å². The van der Waals surface area contributed by atoms with E-state index in [0.717, 1.165) is 60.4 Å². The molecular formula is C27H30Cl2N6O2S. The highest BCUT2D eigenvalue weighted by atomic mass is 35.5. The van der Waals surface area contributed by atoms with Gasteiger partial charge in [-0.2, -0.15) is 0 Å². The summed E-state index contributed by atoms with van der Waals surface area (Å²) in [4.78, 5) is 12.4. The minimum atomic E-state index is -3.63. The summed E-state index contributed by atoms with van der Waals surface area (Å²) in [5, 5.41) is 5.39. The van der Waals surface area contributed by atoms with Crippen LogP contribution in [0.4, 0.5) is 17.2 Å². The Balaban J connectivity index is 1.17. The highest BCUT2D eigenvalue weighted by Gasteiger charge is 2.17. The Hall–Kier alpha value is -2.82. The molecule has 38 heavy (non-hydrogen) atoms. The van der Waals surface area contributed by atoms with E-state index in [1.807, 2.05) is 36.5 Å². The maximum absolute atomic E-state index is 12.8. The molecule has 3 N–H and O–H groups in total. The summed E-state index contributed by atoms with van der Waals surface area (Å²) in [6.07, 6.45) is 3.34. The number of sulfonamides is 1. The predicted molar refractivity (Wildman–Crippen MR) is 155 cm³/mol. The molecule has 0 saturated carbocycles. The van der Waals surface area contributed by atoms with Gasteiger partial charge in [0.15, 0.2) is 0 Å². The molecule has 0 radical (unpaired) electrons. The maximum Gasteiger partial charge on any atom is 0.240 e. The molecule has 0 atom stereocenters. The second-order valence-corrected chi connectivity index (χ2v) is 12.1. The Bertz CT molecular complexity index is 1520. The van der Waals surface area contributed by atoms with Crippen molar-refractivity contribution >= 4 is 61.3 Å². The monoisotopic (exact) mass is 572 g/mol. The summed E-state index contributed by atoms with van der Waals surface area (Å²) in [6.45, 7) is 4.16. The number of hydrogen-bond acceptors (Lipinski definition) is 6. The van der Waals surface area contributed by atoms with Crippen LogP contribution in [0.1, 0.15) is 12.0 Å². The van der Waals surface area contributed by atoms with Crippen molar-refractivity contribution in [3.05, 3.63) is 76.5 Å². The number of aromatic amines is 1. The van der Waals surface area contributed by atoms with Crippen molar-refractivity contribution < 1.29 is 8.42 Å². The van der Waals surface area contributed by atoms with Gasteiger partial charge in [-0.15, -0.1) is 0 Å². The first-order valence-corrected chi connectivity index (χ1v) is 14.7. The number of pyridine rings is 1. The van der Waals surface area contributed by atoms with Crippen molar-refractivity contribution in [1.29, 1.82) is 0 Å². The lowest BCUT2D eigenvalue weighted by Crippen LogP contribution is -2.44. The number of aryl methyl sites for hydroxylation is 1. The van der Waals surface area contributed by atoms with Crippen LogP contribution < -0.4 is 14.9 Å². The van der Waals surface area contributed by atoms with Gasteiger partial charge in [-0.3, -0.25) is 0 Å². The average Bonchev–Trinajstić information content (AvgIpc) is 3.29. The van der Waals surface area contributed by atoms with E-state index in [-0.39, 0.29) is 4.90 Å². The van der Waals surface area contributed by atoms with Crippen LogP contribution in [0.15, 0.2) is 65.7 Å². The van der Waals surface area contributed by atoms with Crippen molar-refractivity contribution in [1.82, 2.24) is 19.6 Å². The molecule has 200 valence electrons. The maximum atomic E-state index is 12.8. The number of fused-ring (bicyclic) bond motifs is 1. The van der Waals surface area contributed by atoms with Crippen LogP contribution in [0, 0.1) is 0 Å². The van der Waals surface area contributed by atoms with Gasteiger partial charge in [-0.1, -0.05) is 23.2 Å². The number of halogens is 2. The average molecular weight is 574 g/mol. The highest BCUT2D eigenvalue weighted by molar-refractivity contribution is 7.89. The topological polar surface area (TPSA) is 93.4 Å². The summed E-state index contributed by atoms with van der Waals surface area (Å²) >= 11 is 12.4. The lowest BCUT2D eigenvalue weighted by Gasteiger charge is -2.34. The number of benzene rings is 2. The lowest BCUT2D eigenvalue weighted by atomic mass is 10.1. The summed E-state index contributed by atoms with van der Waals surface area (Å²) < 4.78 is 28.3. The zero-order valence-corrected chi connectivity index (χ0v) is 23.4. The number of piperazine rings is 1. The molecular weight excluding hydrogens is 543 g/mol. The number of anilines is 3. The molecule has 1 aliphatic rings. The third kappa shape index (κ3) is 6.42. The normalized spacial score (nSPS) is 14.8. The van der Waals surface area contributed by atoms with E-state index in [1.165, 1.54) is 0 Å². The SMILES string of the molecule is CN1CCN(c2cc(Cl)nc(Nc3ccc(S(=O)(=O)NCCCc4c[nH]c5ccc(Cl)cc45)cc3)c2)CC1. The van der Waals surface area contributed by atoms with Crippen molar-refractivity contribution in [2.75, 3.05) is 50.0 Å². The van der Waals surface area contributed by atoms with E-state index < -0.39 is 10.0 Å². The van der Waals surface area contributed by atoms with E-state index >= 15 is 0 Å². The predicted octanol–water partition coefficient (Wildman–Crippen LogP) is 5.28. The first kappa shape index (κ1) is 26.8. The van der Waals surface area contributed by atoms with Crippen LogP contribution in [-0.2, 0) is 16.4 Å². The van der Waals surface area contributed by atoms with Gasteiger partial charge in [-0.05, 0) is 74.0 Å². The third-order valence-corrected chi connectivity index (χ3v) is 8.63. The number of likely N-dealkylation sites (N-methyl/N-ethyl adjacent to an activating group) is 1. The standard InChI is InChI=1S/C27H30Cl2N6O2S/c1-34-11-13-35(14-12-34)22-16-26(29)33-27(17-22)32-21-5-7-23(8-6-21)38(36,37)31-10-2-3-19-18-30-25-9-4-20(28)15-24(19)25/h4-9,15-18,30-31H,2-3,10-14H2,1H3,(H,32,33). The fraction of sp³-hybridized carbons (Fsp3) is 0.296. The van der Waals surface area contributed by atoms with E-state index in [2.05, 4.69) is 36.9 Å². The van der Waals surface area contributed by atoms with Crippen molar-refractivity contribution in [3.8, 4) is 0 Å². The summed E-state index contributed by atoms with van der Waals surface area (Å²) in [6, 6.07) is 16.2. The van der Waals surface area contributed by atoms with E-state index in [4.69, 9.17) is 23.2 Å². The van der Waals surface area contributed by atoms with Gasteiger partial charge in [0.25, 0.3) is 0 Å². The molecule has 1 saturated heterocycles. The number of aromatic nitrogens is 2.